The second-order valence-electron chi connectivity index (χ2n) is 3.94. The number of hydrogen-bond acceptors (Lipinski definition) is 4. The lowest BCUT2D eigenvalue weighted by Crippen LogP contribution is -2.42. The maximum atomic E-state index is 14.0. The summed E-state index contributed by atoms with van der Waals surface area (Å²) in [7, 11) is 0. The van der Waals surface area contributed by atoms with Crippen LogP contribution in [0.3, 0.4) is 0 Å². The Kier molecular flexibility index (Phi) is 8.13. The molecule has 0 aliphatic rings. The van der Waals surface area contributed by atoms with Gasteiger partial charge in [0, 0.05) is 10.0 Å². The molecule has 0 amide bonds. The van der Waals surface area contributed by atoms with E-state index in [1.807, 2.05) is 0 Å². The normalized spacial score (nSPS) is 12.3. The topological polar surface area (TPSA) is 61.5 Å². The van der Waals surface area contributed by atoms with E-state index < -0.39 is 17.9 Å². The van der Waals surface area contributed by atoms with Crippen molar-refractivity contribution < 1.29 is 23.0 Å². The van der Waals surface area contributed by atoms with Crippen LogP contribution in [0.1, 0.15) is 25.5 Å². The summed E-state index contributed by atoms with van der Waals surface area (Å²) >= 11 is 3.18. The lowest BCUT2D eigenvalue weighted by molar-refractivity contribution is -0.174. The minimum Gasteiger partial charge on any atom is -0.494 e. The molecule has 0 saturated carbocycles. The number of esters is 1. The molecule has 21 heavy (non-hydrogen) atoms. The van der Waals surface area contributed by atoms with Gasteiger partial charge in [-0.1, -0.05) is 15.9 Å². The highest BCUT2D eigenvalue weighted by Gasteiger charge is 2.48. The van der Waals surface area contributed by atoms with Crippen molar-refractivity contribution in [2.24, 2.45) is 5.73 Å². The van der Waals surface area contributed by atoms with E-state index in [0.29, 0.717) is 11.1 Å². The van der Waals surface area contributed by atoms with E-state index in [4.69, 9.17) is 10.5 Å². The van der Waals surface area contributed by atoms with Crippen LogP contribution in [0.25, 0.3) is 0 Å². The number of ether oxygens (including phenoxy) is 2. The first-order valence-corrected chi connectivity index (χ1v) is 6.86. The summed E-state index contributed by atoms with van der Waals surface area (Å²) in [6.45, 7) is 3.33. The van der Waals surface area contributed by atoms with Gasteiger partial charge in [-0.3, -0.25) is 0 Å². The molecule has 8 heteroatoms. The summed E-state index contributed by atoms with van der Waals surface area (Å²) in [5, 5.41) is 0. The molecule has 0 aliphatic carbocycles. The zero-order chi connectivity index (χ0) is 15.3. The molecule has 0 bridgehead atoms. The standard InChI is InChI=1S/C13H16BrF2NO3.ClH/c1-3-19-10-6-5-8(14)7-9(10)11(17)13(15,16)12(18)20-4-2;/h5-7,11H,3-4,17H2,1-2H3;1H/t11-;/m1./s1. The van der Waals surface area contributed by atoms with Crippen LogP contribution < -0.4 is 10.5 Å². The minimum atomic E-state index is -3.83. The Morgan fingerprint density at radius 3 is 2.52 bits per heavy atom. The first kappa shape index (κ1) is 20.1. The van der Waals surface area contributed by atoms with E-state index in [2.05, 4.69) is 20.7 Å². The SMILES string of the molecule is CCOC(=O)C(F)(F)[C@H](N)c1cc(Br)ccc1OCC.Cl. The quantitative estimate of drug-likeness (QED) is 0.758. The third-order valence-electron chi connectivity index (χ3n) is 2.54. The van der Waals surface area contributed by atoms with Crippen LogP contribution >= 0.6 is 28.3 Å². The number of carbonyl (C=O) groups is 1. The van der Waals surface area contributed by atoms with E-state index in [1.54, 1.807) is 13.0 Å². The van der Waals surface area contributed by atoms with Gasteiger partial charge >= 0.3 is 11.9 Å². The van der Waals surface area contributed by atoms with E-state index in [9.17, 15) is 13.6 Å². The second-order valence-corrected chi connectivity index (χ2v) is 4.85. The van der Waals surface area contributed by atoms with E-state index >= 15 is 0 Å². The van der Waals surface area contributed by atoms with Crippen LogP contribution in [0.5, 0.6) is 5.75 Å². The molecule has 1 aromatic rings. The van der Waals surface area contributed by atoms with Gasteiger partial charge in [0.15, 0.2) is 0 Å². The lowest BCUT2D eigenvalue weighted by atomic mass is 10.0. The zero-order valence-electron chi connectivity index (χ0n) is 11.6. The number of hydrogen-bond donors (Lipinski definition) is 1. The van der Waals surface area contributed by atoms with Crippen molar-refractivity contribution in [3.05, 3.63) is 28.2 Å². The highest BCUT2D eigenvalue weighted by atomic mass is 79.9. The Labute approximate surface area is 136 Å². The Balaban J connectivity index is 0.00000400. The Morgan fingerprint density at radius 1 is 1.38 bits per heavy atom. The van der Waals surface area contributed by atoms with Crippen LogP contribution in [0.2, 0.25) is 0 Å². The summed E-state index contributed by atoms with van der Waals surface area (Å²) < 4.78 is 38.1. The van der Waals surface area contributed by atoms with Gasteiger partial charge in [-0.25, -0.2) is 4.79 Å². The van der Waals surface area contributed by atoms with Gasteiger partial charge in [-0.15, -0.1) is 12.4 Å². The van der Waals surface area contributed by atoms with Gasteiger partial charge in [-0.05, 0) is 32.0 Å². The molecule has 0 radical (unpaired) electrons. The zero-order valence-corrected chi connectivity index (χ0v) is 14.0. The number of carbonyl (C=O) groups excluding carboxylic acids is 1. The molecule has 1 atom stereocenters. The smallest absolute Gasteiger partial charge is 0.379 e. The second kappa shape index (κ2) is 8.51. The summed E-state index contributed by atoms with van der Waals surface area (Å²) in [6.07, 6.45) is 0. The summed E-state index contributed by atoms with van der Waals surface area (Å²) in [4.78, 5) is 11.3. The molecule has 0 aliphatic heterocycles. The van der Waals surface area contributed by atoms with Crippen molar-refractivity contribution in [3.8, 4) is 5.75 Å². The van der Waals surface area contributed by atoms with Crippen molar-refractivity contribution in [1.82, 2.24) is 0 Å². The van der Waals surface area contributed by atoms with Gasteiger partial charge in [0.1, 0.15) is 11.8 Å². The molecule has 120 valence electrons. The summed E-state index contributed by atoms with van der Waals surface area (Å²) in [5.74, 6) is -5.26. The Morgan fingerprint density at radius 2 is 2.00 bits per heavy atom. The molecule has 0 unspecified atom stereocenters. The predicted molar refractivity (Wildman–Crippen MR) is 81.1 cm³/mol. The molecule has 0 fully saturated rings. The number of nitrogens with two attached hydrogens (primary N) is 1. The largest absolute Gasteiger partial charge is 0.494 e. The molecule has 1 aromatic carbocycles. The molecule has 4 nitrogen and oxygen atoms in total. The molecule has 1 rings (SSSR count). The first-order valence-electron chi connectivity index (χ1n) is 6.07. The van der Waals surface area contributed by atoms with Gasteiger partial charge in [0.05, 0.1) is 13.2 Å². The fourth-order valence-electron chi connectivity index (χ4n) is 1.60. The van der Waals surface area contributed by atoms with Crippen molar-refractivity contribution in [2.75, 3.05) is 13.2 Å². The van der Waals surface area contributed by atoms with Gasteiger partial charge in [0.25, 0.3) is 0 Å². The Hall–Kier alpha value is -0.920. The summed E-state index contributed by atoms with van der Waals surface area (Å²) in [6, 6.07) is 2.72. The van der Waals surface area contributed by atoms with Crippen LogP contribution in [0, 0.1) is 0 Å². The third-order valence-corrected chi connectivity index (χ3v) is 3.04. The van der Waals surface area contributed by atoms with Crippen LogP contribution in [-0.2, 0) is 9.53 Å². The number of halogens is 4. The molecule has 0 heterocycles. The van der Waals surface area contributed by atoms with Crippen molar-refractivity contribution in [1.29, 1.82) is 0 Å². The van der Waals surface area contributed by atoms with E-state index in [-0.39, 0.29) is 30.3 Å². The number of rotatable bonds is 6. The average molecular weight is 389 g/mol. The molecule has 2 N–H and O–H groups in total. The average Bonchev–Trinajstić information content (AvgIpc) is 2.40. The van der Waals surface area contributed by atoms with Crippen molar-refractivity contribution in [2.45, 2.75) is 25.8 Å². The van der Waals surface area contributed by atoms with E-state index in [1.165, 1.54) is 19.1 Å². The van der Waals surface area contributed by atoms with Crippen LogP contribution in [0.15, 0.2) is 22.7 Å². The third kappa shape index (κ3) is 4.79. The molecule has 0 spiro atoms. The van der Waals surface area contributed by atoms with Gasteiger partial charge in [-0.2, -0.15) is 8.78 Å². The monoisotopic (exact) mass is 387 g/mol. The number of benzene rings is 1. The molecule has 0 saturated heterocycles. The summed E-state index contributed by atoms with van der Waals surface area (Å²) in [5.41, 5.74) is 5.59. The van der Waals surface area contributed by atoms with E-state index in [0.717, 1.165) is 0 Å². The van der Waals surface area contributed by atoms with Crippen molar-refractivity contribution >= 4 is 34.3 Å². The molecular formula is C13H17BrClF2NO3. The fraction of sp³-hybridized carbons (Fsp3) is 0.462. The molecule has 0 aromatic heterocycles. The lowest BCUT2D eigenvalue weighted by Gasteiger charge is -2.23. The Bertz CT molecular complexity index is 488. The number of alkyl halides is 2. The highest BCUT2D eigenvalue weighted by molar-refractivity contribution is 9.10. The molecular weight excluding hydrogens is 372 g/mol. The van der Waals surface area contributed by atoms with Crippen molar-refractivity contribution in [3.63, 3.8) is 0 Å². The fourth-order valence-corrected chi connectivity index (χ4v) is 1.98. The van der Waals surface area contributed by atoms with Crippen LogP contribution in [0.4, 0.5) is 8.78 Å². The van der Waals surface area contributed by atoms with Gasteiger partial charge in [0.2, 0.25) is 0 Å². The predicted octanol–water partition coefficient (Wildman–Crippen LogP) is 3.47. The highest BCUT2D eigenvalue weighted by Crippen LogP contribution is 2.37. The first-order chi connectivity index (χ1) is 9.34. The maximum absolute atomic E-state index is 14.0. The van der Waals surface area contributed by atoms with Crippen LogP contribution in [-0.4, -0.2) is 25.1 Å². The van der Waals surface area contributed by atoms with Gasteiger partial charge < -0.3 is 15.2 Å². The minimum absolute atomic E-state index is 0. The maximum Gasteiger partial charge on any atom is 0.379 e.